The van der Waals surface area contributed by atoms with Gasteiger partial charge >= 0.3 is 5.97 Å². The van der Waals surface area contributed by atoms with Crippen LogP contribution in [-0.2, 0) is 16.1 Å². The van der Waals surface area contributed by atoms with E-state index in [0.717, 1.165) is 37.1 Å². The third-order valence-electron chi connectivity index (χ3n) is 6.19. The lowest BCUT2D eigenvalue weighted by atomic mass is 9.97. The van der Waals surface area contributed by atoms with Gasteiger partial charge in [0.05, 0.1) is 18.7 Å². The normalized spacial score (nSPS) is 22.6. The molecule has 1 amide bonds. The number of para-hydroxylation sites is 1. The zero-order chi connectivity index (χ0) is 20.9. The molecule has 2 fully saturated rings. The van der Waals surface area contributed by atoms with Gasteiger partial charge in [0, 0.05) is 19.1 Å². The number of methoxy groups -OCH3 is 1. The van der Waals surface area contributed by atoms with E-state index in [1.165, 1.54) is 7.11 Å². The molecule has 0 spiro atoms. The fraction of sp³-hybridized carbons (Fsp3) is 0.417. The molecule has 1 saturated heterocycles. The first-order valence-corrected chi connectivity index (χ1v) is 10.5. The van der Waals surface area contributed by atoms with Gasteiger partial charge < -0.3 is 14.8 Å². The number of nitrogens with zero attached hydrogens (tertiary/aromatic N) is 1. The van der Waals surface area contributed by atoms with Crippen molar-refractivity contribution in [1.82, 2.24) is 10.2 Å². The number of likely N-dealkylation sites (tertiary alicyclic amines) is 1. The van der Waals surface area contributed by atoms with Gasteiger partial charge in [0.15, 0.2) is 0 Å². The van der Waals surface area contributed by atoms with Gasteiger partial charge in [0.2, 0.25) is 5.91 Å². The Balaban J connectivity index is 1.32. The highest BCUT2D eigenvalue weighted by Crippen LogP contribution is 2.42. The Kier molecular flexibility index (Phi) is 6.33. The standard InChI is InChI=1S/C24H28N2O4/c1-29-24(28)18-9-7-17(8-10-18)16-25-23(27)22-19-11-12-20(15-19)26(22)13-14-30-21-5-3-2-4-6-21/h2-10,19-20,22H,11-16H2,1H3,(H,25,27)/t19-,20?,22?/m1/s1. The third kappa shape index (κ3) is 4.49. The van der Waals surface area contributed by atoms with E-state index in [1.54, 1.807) is 12.1 Å². The van der Waals surface area contributed by atoms with Crippen LogP contribution in [0, 0.1) is 5.92 Å². The van der Waals surface area contributed by atoms with E-state index < -0.39 is 0 Å². The summed E-state index contributed by atoms with van der Waals surface area (Å²) in [7, 11) is 1.36. The molecule has 1 heterocycles. The van der Waals surface area contributed by atoms with Crippen LogP contribution in [0.5, 0.6) is 5.75 Å². The Morgan fingerprint density at radius 2 is 1.83 bits per heavy atom. The maximum Gasteiger partial charge on any atom is 0.337 e. The van der Waals surface area contributed by atoms with Gasteiger partial charge in [-0.1, -0.05) is 30.3 Å². The fourth-order valence-electron chi connectivity index (χ4n) is 4.72. The second-order valence-electron chi connectivity index (χ2n) is 7.98. The summed E-state index contributed by atoms with van der Waals surface area (Å²) in [4.78, 5) is 26.9. The topological polar surface area (TPSA) is 67.9 Å². The number of piperidine rings is 1. The lowest BCUT2D eigenvalue weighted by Gasteiger charge is -2.34. The summed E-state index contributed by atoms with van der Waals surface area (Å²) in [5.74, 6) is 1.01. The van der Waals surface area contributed by atoms with Crippen molar-refractivity contribution in [2.24, 2.45) is 5.92 Å². The molecule has 2 aromatic rings. The molecule has 3 atom stereocenters. The van der Waals surface area contributed by atoms with Gasteiger partial charge in [-0.3, -0.25) is 9.69 Å². The van der Waals surface area contributed by atoms with Crippen molar-refractivity contribution in [2.45, 2.75) is 37.9 Å². The van der Waals surface area contributed by atoms with Crippen LogP contribution in [0.2, 0.25) is 0 Å². The molecule has 30 heavy (non-hydrogen) atoms. The van der Waals surface area contributed by atoms with Crippen molar-refractivity contribution in [3.05, 3.63) is 65.7 Å². The molecule has 1 saturated carbocycles. The molecule has 158 valence electrons. The van der Waals surface area contributed by atoms with Gasteiger partial charge in [-0.15, -0.1) is 0 Å². The summed E-state index contributed by atoms with van der Waals surface area (Å²) in [5, 5.41) is 3.09. The minimum Gasteiger partial charge on any atom is -0.492 e. The summed E-state index contributed by atoms with van der Waals surface area (Å²) >= 11 is 0. The highest BCUT2D eigenvalue weighted by atomic mass is 16.5. The molecule has 1 N–H and O–H groups in total. The first-order chi connectivity index (χ1) is 14.7. The van der Waals surface area contributed by atoms with Crippen LogP contribution >= 0.6 is 0 Å². The molecule has 2 unspecified atom stereocenters. The van der Waals surface area contributed by atoms with Crippen LogP contribution in [0.4, 0.5) is 0 Å². The Hall–Kier alpha value is -2.86. The summed E-state index contributed by atoms with van der Waals surface area (Å²) in [5.41, 5.74) is 1.46. The second-order valence-corrected chi connectivity index (χ2v) is 7.98. The highest BCUT2D eigenvalue weighted by molar-refractivity contribution is 5.89. The van der Waals surface area contributed by atoms with E-state index in [4.69, 9.17) is 9.47 Å². The van der Waals surface area contributed by atoms with Gasteiger partial charge in [0.25, 0.3) is 0 Å². The maximum absolute atomic E-state index is 13.0. The molecule has 6 nitrogen and oxygen atoms in total. The summed E-state index contributed by atoms with van der Waals surface area (Å²) in [6.07, 6.45) is 3.37. The third-order valence-corrected chi connectivity index (χ3v) is 6.19. The maximum atomic E-state index is 13.0. The number of carbonyl (C=O) groups is 2. The fourth-order valence-corrected chi connectivity index (χ4v) is 4.72. The predicted molar refractivity (Wildman–Crippen MR) is 113 cm³/mol. The predicted octanol–water partition coefficient (Wildman–Crippen LogP) is 3.02. The monoisotopic (exact) mass is 408 g/mol. The van der Waals surface area contributed by atoms with E-state index >= 15 is 0 Å². The molecule has 1 aliphatic carbocycles. The minimum absolute atomic E-state index is 0.0824. The average Bonchev–Trinajstić information content (AvgIpc) is 3.40. The molecule has 1 aliphatic heterocycles. The summed E-state index contributed by atoms with van der Waals surface area (Å²) in [6, 6.07) is 17.3. The Labute approximate surface area is 177 Å². The van der Waals surface area contributed by atoms with E-state index in [9.17, 15) is 9.59 Å². The molecule has 2 bridgehead atoms. The number of benzene rings is 2. The number of esters is 1. The van der Waals surface area contributed by atoms with Crippen molar-refractivity contribution in [3.8, 4) is 5.75 Å². The van der Waals surface area contributed by atoms with Crippen LogP contribution in [-0.4, -0.2) is 49.1 Å². The zero-order valence-electron chi connectivity index (χ0n) is 17.3. The molecule has 2 aliphatic rings. The van der Waals surface area contributed by atoms with Crippen molar-refractivity contribution < 1.29 is 19.1 Å². The van der Waals surface area contributed by atoms with Crippen LogP contribution in [0.25, 0.3) is 0 Å². The first kappa shape index (κ1) is 20.4. The number of hydrogen-bond acceptors (Lipinski definition) is 5. The van der Waals surface area contributed by atoms with Crippen LogP contribution in [0.3, 0.4) is 0 Å². The molecule has 4 rings (SSSR count). The molecule has 0 radical (unpaired) electrons. The van der Waals surface area contributed by atoms with Crippen molar-refractivity contribution >= 4 is 11.9 Å². The van der Waals surface area contributed by atoms with Crippen LogP contribution in [0.15, 0.2) is 54.6 Å². The van der Waals surface area contributed by atoms with Gasteiger partial charge in [0.1, 0.15) is 12.4 Å². The van der Waals surface area contributed by atoms with Crippen LogP contribution in [0.1, 0.15) is 35.2 Å². The van der Waals surface area contributed by atoms with Crippen molar-refractivity contribution in [3.63, 3.8) is 0 Å². The lowest BCUT2D eigenvalue weighted by Crippen LogP contribution is -2.51. The smallest absolute Gasteiger partial charge is 0.337 e. The van der Waals surface area contributed by atoms with Crippen molar-refractivity contribution in [2.75, 3.05) is 20.3 Å². The SMILES string of the molecule is COC(=O)c1ccc(CNC(=O)C2[C@@H]3CCC(C3)N2CCOc2ccccc2)cc1. The Bertz CT molecular complexity index is 869. The van der Waals surface area contributed by atoms with Gasteiger partial charge in [-0.25, -0.2) is 4.79 Å². The number of amides is 1. The molecular weight excluding hydrogens is 380 g/mol. The van der Waals surface area contributed by atoms with E-state index in [0.29, 0.717) is 30.7 Å². The molecular formula is C24H28N2O4. The van der Waals surface area contributed by atoms with Gasteiger partial charge in [-0.2, -0.15) is 0 Å². The first-order valence-electron chi connectivity index (χ1n) is 10.5. The largest absolute Gasteiger partial charge is 0.492 e. The number of ether oxygens (including phenoxy) is 2. The number of fused-ring (bicyclic) bond motifs is 2. The molecule has 2 aromatic carbocycles. The number of carbonyl (C=O) groups excluding carboxylic acids is 2. The van der Waals surface area contributed by atoms with Crippen molar-refractivity contribution in [1.29, 1.82) is 0 Å². The average molecular weight is 408 g/mol. The van der Waals surface area contributed by atoms with Crippen LogP contribution < -0.4 is 10.1 Å². The Morgan fingerprint density at radius 3 is 2.57 bits per heavy atom. The number of rotatable bonds is 8. The number of nitrogens with one attached hydrogen (secondary N) is 1. The van der Waals surface area contributed by atoms with E-state index in [-0.39, 0.29) is 17.9 Å². The summed E-state index contributed by atoms with van der Waals surface area (Å²) < 4.78 is 10.6. The second kappa shape index (κ2) is 9.30. The zero-order valence-corrected chi connectivity index (χ0v) is 17.3. The number of hydrogen-bond donors (Lipinski definition) is 1. The van der Waals surface area contributed by atoms with Gasteiger partial charge in [-0.05, 0) is 55.0 Å². The summed E-state index contributed by atoms with van der Waals surface area (Å²) in [6.45, 7) is 1.77. The lowest BCUT2D eigenvalue weighted by molar-refractivity contribution is -0.128. The highest BCUT2D eigenvalue weighted by Gasteiger charge is 2.48. The molecule has 6 heteroatoms. The Morgan fingerprint density at radius 1 is 1.07 bits per heavy atom. The molecule has 0 aromatic heterocycles. The quantitative estimate of drug-likeness (QED) is 0.680. The van der Waals surface area contributed by atoms with E-state index in [2.05, 4.69) is 10.2 Å². The van der Waals surface area contributed by atoms with E-state index in [1.807, 2.05) is 42.5 Å². The minimum atomic E-state index is -0.360.